The van der Waals surface area contributed by atoms with E-state index in [4.69, 9.17) is 11.6 Å². The van der Waals surface area contributed by atoms with Crippen molar-refractivity contribution >= 4 is 21.6 Å². The Morgan fingerprint density at radius 1 is 1.19 bits per heavy atom. The molecule has 0 spiro atoms. The van der Waals surface area contributed by atoms with Crippen molar-refractivity contribution in [3.05, 3.63) is 64.7 Å². The summed E-state index contributed by atoms with van der Waals surface area (Å²) < 4.78 is 26.0. The molecule has 0 radical (unpaired) electrons. The summed E-state index contributed by atoms with van der Waals surface area (Å²) in [4.78, 5) is 2.69. The number of hydrogen-bond acceptors (Lipinski definition) is 4. The zero-order chi connectivity index (χ0) is 18.7. The van der Waals surface area contributed by atoms with Crippen LogP contribution in [0.1, 0.15) is 17.2 Å². The van der Waals surface area contributed by atoms with E-state index in [9.17, 15) is 8.42 Å². The van der Waals surface area contributed by atoms with Crippen LogP contribution in [0.2, 0.25) is 5.02 Å². The Morgan fingerprint density at radius 3 is 2.69 bits per heavy atom. The Labute approximate surface area is 160 Å². The van der Waals surface area contributed by atoms with Gasteiger partial charge in [-0.3, -0.25) is 4.90 Å². The molecule has 1 atom stereocenters. The SMILES string of the molecule is CN(C)S(=O)(=O)c1cccc(CN2CCNCC2c2cccc(Cl)c2)c1. The van der Waals surface area contributed by atoms with Crippen LogP contribution in [-0.2, 0) is 16.6 Å². The summed E-state index contributed by atoms with van der Waals surface area (Å²) in [5.41, 5.74) is 2.16. The fourth-order valence-electron chi connectivity index (χ4n) is 3.23. The maximum Gasteiger partial charge on any atom is 0.242 e. The Kier molecular flexibility index (Phi) is 5.99. The first-order chi connectivity index (χ1) is 12.4. The van der Waals surface area contributed by atoms with Gasteiger partial charge in [-0.25, -0.2) is 12.7 Å². The lowest BCUT2D eigenvalue weighted by atomic mass is 10.0. The minimum Gasteiger partial charge on any atom is -0.314 e. The van der Waals surface area contributed by atoms with Crippen LogP contribution in [0, 0.1) is 0 Å². The first-order valence-corrected chi connectivity index (χ1v) is 10.4. The molecule has 1 fully saturated rings. The normalized spacial score (nSPS) is 19.0. The molecule has 26 heavy (non-hydrogen) atoms. The van der Waals surface area contributed by atoms with Gasteiger partial charge < -0.3 is 5.32 Å². The van der Waals surface area contributed by atoms with Gasteiger partial charge in [-0.15, -0.1) is 0 Å². The van der Waals surface area contributed by atoms with Crippen LogP contribution in [0.25, 0.3) is 0 Å². The molecule has 0 saturated carbocycles. The van der Waals surface area contributed by atoms with Crippen molar-refractivity contribution in [3.8, 4) is 0 Å². The van der Waals surface area contributed by atoms with E-state index in [1.54, 1.807) is 26.2 Å². The van der Waals surface area contributed by atoms with Gasteiger partial charge in [-0.1, -0.05) is 35.9 Å². The second-order valence-electron chi connectivity index (χ2n) is 6.68. The standard InChI is InChI=1S/C19H24ClN3O2S/c1-22(2)26(24,25)18-8-3-5-15(11-18)14-23-10-9-21-13-19(23)16-6-4-7-17(20)12-16/h3-8,11-12,19,21H,9-10,13-14H2,1-2H3. The molecule has 140 valence electrons. The van der Waals surface area contributed by atoms with Gasteiger partial charge in [0.25, 0.3) is 0 Å². The van der Waals surface area contributed by atoms with Gasteiger partial charge in [0.05, 0.1) is 4.90 Å². The number of sulfonamides is 1. The summed E-state index contributed by atoms with van der Waals surface area (Å²) >= 11 is 6.16. The Bertz CT molecular complexity index is 871. The lowest BCUT2D eigenvalue weighted by Gasteiger charge is -2.36. The topological polar surface area (TPSA) is 52.7 Å². The Hall–Kier alpha value is -1.44. The molecule has 1 heterocycles. The number of halogens is 1. The highest BCUT2D eigenvalue weighted by Crippen LogP contribution is 2.27. The fraction of sp³-hybridized carbons (Fsp3) is 0.368. The van der Waals surface area contributed by atoms with Gasteiger partial charge in [0, 0.05) is 51.3 Å². The molecule has 1 unspecified atom stereocenters. The number of benzene rings is 2. The monoisotopic (exact) mass is 393 g/mol. The van der Waals surface area contributed by atoms with E-state index < -0.39 is 10.0 Å². The van der Waals surface area contributed by atoms with E-state index in [1.807, 2.05) is 30.3 Å². The van der Waals surface area contributed by atoms with Crippen molar-refractivity contribution in [2.75, 3.05) is 33.7 Å². The fourth-order valence-corrected chi connectivity index (χ4v) is 4.40. The highest BCUT2D eigenvalue weighted by molar-refractivity contribution is 7.89. The largest absolute Gasteiger partial charge is 0.314 e. The van der Waals surface area contributed by atoms with Crippen molar-refractivity contribution in [3.63, 3.8) is 0 Å². The third-order valence-corrected chi connectivity index (χ3v) is 6.70. The molecule has 7 heteroatoms. The van der Waals surface area contributed by atoms with Crippen LogP contribution >= 0.6 is 11.6 Å². The van der Waals surface area contributed by atoms with Crippen molar-refractivity contribution < 1.29 is 8.42 Å². The van der Waals surface area contributed by atoms with Crippen LogP contribution in [0.3, 0.4) is 0 Å². The number of piperazine rings is 1. The molecular weight excluding hydrogens is 370 g/mol. The minimum absolute atomic E-state index is 0.205. The zero-order valence-electron chi connectivity index (χ0n) is 15.0. The summed E-state index contributed by atoms with van der Waals surface area (Å²) in [6.45, 7) is 3.33. The summed E-state index contributed by atoms with van der Waals surface area (Å²) in [5.74, 6) is 0. The van der Waals surface area contributed by atoms with E-state index in [-0.39, 0.29) is 6.04 Å². The van der Waals surface area contributed by atoms with Gasteiger partial charge in [-0.2, -0.15) is 0 Å². The maximum atomic E-state index is 12.4. The lowest BCUT2D eigenvalue weighted by Crippen LogP contribution is -2.45. The molecule has 1 saturated heterocycles. The van der Waals surface area contributed by atoms with Gasteiger partial charge in [0.15, 0.2) is 0 Å². The number of nitrogens with zero attached hydrogens (tertiary/aromatic N) is 2. The van der Waals surface area contributed by atoms with E-state index in [2.05, 4.69) is 16.3 Å². The Balaban J connectivity index is 1.85. The van der Waals surface area contributed by atoms with Gasteiger partial charge >= 0.3 is 0 Å². The summed E-state index contributed by atoms with van der Waals surface area (Å²) in [7, 11) is -0.328. The molecule has 0 aromatic heterocycles. The smallest absolute Gasteiger partial charge is 0.242 e. The average molecular weight is 394 g/mol. The second kappa shape index (κ2) is 8.06. The molecule has 2 aromatic carbocycles. The zero-order valence-corrected chi connectivity index (χ0v) is 16.6. The molecule has 0 bridgehead atoms. The summed E-state index contributed by atoms with van der Waals surface area (Å²) in [5, 5.41) is 4.16. The predicted octanol–water partition coefficient (Wildman–Crippen LogP) is 2.74. The highest BCUT2D eigenvalue weighted by atomic mass is 35.5. The van der Waals surface area contributed by atoms with Crippen LogP contribution in [0.5, 0.6) is 0 Å². The average Bonchev–Trinajstić information content (AvgIpc) is 2.62. The molecule has 0 amide bonds. The van der Waals surface area contributed by atoms with E-state index in [1.165, 1.54) is 9.87 Å². The minimum atomic E-state index is -3.43. The van der Waals surface area contributed by atoms with E-state index in [0.717, 1.165) is 30.2 Å². The van der Waals surface area contributed by atoms with Crippen LogP contribution in [-0.4, -0.2) is 51.4 Å². The second-order valence-corrected chi connectivity index (χ2v) is 9.27. The van der Waals surface area contributed by atoms with Crippen molar-refractivity contribution in [2.45, 2.75) is 17.5 Å². The van der Waals surface area contributed by atoms with E-state index >= 15 is 0 Å². The van der Waals surface area contributed by atoms with Gasteiger partial charge in [-0.05, 0) is 35.4 Å². The predicted molar refractivity (Wildman–Crippen MR) is 105 cm³/mol. The third kappa shape index (κ3) is 4.27. The van der Waals surface area contributed by atoms with Crippen LogP contribution in [0.4, 0.5) is 0 Å². The van der Waals surface area contributed by atoms with Crippen molar-refractivity contribution in [1.29, 1.82) is 0 Å². The molecule has 2 aromatic rings. The third-order valence-electron chi connectivity index (χ3n) is 4.65. The number of nitrogens with one attached hydrogen (secondary N) is 1. The molecule has 1 N–H and O–H groups in total. The van der Waals surface area contributed by atoms with Crippen LogP contribution < -0.4 is 5.32 Å². The van der Waals surface area contributed by atoms with Crippen molar-refractivity contribution in [2.24, 2.45) is 0 Å². The maximum absolute atomic E-state index is 12.4. The van der Waals surface area contributed by atoms with Gasteiger partial charge in [0.2, 0.25) is 10.0 Å². The first-order valence-electron chi connectivity index (χ1n) is 8.59. The highest BCUT2D eigenvalue weighted by Gasteiger charge is 2.24. The number of rotatable bonds is 5. The molecule has 0 aliphatic carbocycles. The molecule has 1 aliphatic rings. The molecule has 1 aliphatic heterocycles. The number of hydrogen-bond donors (Lipinski definition) is 1. The van der Waals surface area contributed by atoms with E-state index in [0.29, 0.717) is 11.4 Å². The molecular formula is C19H24ClN3O2S. The van der Waals surface area contributed by atoms with Gasteiger partial charge in [0.1, 0.15) is 0 Å². The summed E-state index contributed by atoms with van der Waals surface area (Å²) in [6, 6.07) is 15.3. The molecule has 5 nitrogen and oxygen atoms in total. The van der Waals surface area contributed by atoms with Crippen molar-refractivity contribution in [1.82, 2.24) is 14.5 Å². The quantitative estimate of drug-likeness (QED) is 0.848. The molecule has 3 rings (SSSR count). The van der Waals surface area contributed by atoms with Crippen LogP contribution in [0.15, 0.2) is 53.4 Å². The summed E-state index contributed by atoms with van der Waals surface area (Å²) in [6.07, 6.45) is 0. The Morgan fingerprint density at radius 2 is 1.96 bits per heavy atom. The first kappa shape index (κ1) is 19.3. The lowest BCUT2D eigenvalue weighted by molar-refractivity contribution is 0.153.